The van der Waals surface area contributed by atoms with Crippen molar-refractivity contribution in [1.29, 1.82) is 0 Å². The summed E-state index contributed by atoms with van der Waals surface area (Å²) in [7, 11) is 1.41. The number of halogens is 1. The van der Waals surface area contributed by atoms with Gasteiger partial charge in [-0.05, 0) is 0 Å². The summed E-state index contributed by atoms with van der Waals surface area (Å²) in [6, 6.07) is 1.32. The Hall–Kier alpha value is -0.810. The maximum atomic E-state index is 11.0. The van der Waals surface area contributed by atoms with E-state index < -0.39 is 0 Å². The molecule has 0 spiro atoms. The molecule has 0 amide bonds. The lowest BCUT2D eigenvalue weighted by molar-refractivity contribution is 0.379. The first-order valence-corrected chi connectivity index (χ1v) is 3.13. The Kier molecular flexibility index (Phi) is 4.61. The van der Waals surface area contributed by atoms with Crippen LogP contribution in [0, 0.1) is 0 Å². The van der Waals surface area contributed by atoms with E-state index in [1.165, 1.54) is 19.4 Å². The molecule has 0 fully saturated rings. The van der Waals surface area contributed by atoms with Crippen molar-refractivity contribution < 1.29 is 9.15 Å². The Bertz CT molecular complexity index is 297. The molecular weight excluding hydrogens is 226 g/mol. The van der Waals surface area contributed by atoms with Gasteiger partial charge in [0.25, 0.3) is 0 Å². The fourth-order valence-corrected chi connectivity index (χ4v) is 0.694. The molecule has 5 heteroatoms. The second kappa shape index (κ2) is 4.95. The number of nitrogens with two attached hydrogens (primary N) is 1. The van der Waals surface area contributed by atoms with Crippen LogP contribution >= 0.6 is 17.0 Å². The molecule has 0 bridgehead atoms. The van der Waals surface area contributed by atoms with Crippen molar-refractivity contribution in [1.82, 2.24) is 0 Å². The standard InChI is InChI=1S/C7H9NO3.BrH/c1-10-7-4-11-5(3-8)2-6(7)9;/h2,4H,3,8H2,1H3;1H. The minimum atomic E-state index is -0.209. The Labute approximate surface area is 80.1 Å². The van der Waals surface area contributed by atoms with E-state index in [1.54, 1.807) is 0 Å². The molecule has 2 N–H and O–H groups in total. The van der Waals surface area contributed by atoms with Gasteiger partial charge in [-0.3, -0.25) is 4.79 Å². The summed E-state index contributed by atoms with van der Waals surface area (Å²) in [5, 5.41) is 0. The Morgan fingerprint density at radius 3 is 2.75 bits per heavy atom. The SMILES string of the molecule is Br.COc1coc(CN)cc1=O. The first-order chi connectivity index (χ1) is 5.27. The zero-order valence-corrected chi connectivity index (χ0v) is 8.29. The predicted octanol–water partition coefficient (Wildman–Crippen LogP) is 0.685. The molecule has 1 rings (SSSR count). The summed E-state index contributed by atoms with van der Waals surface area (Å²) < 4.78 is 9.63. The number of hydrogen-bond acceptors (Lipinski definition) is 4. The van der Waals surface area contributed by atoms with E-state index in [-0.39, 0.29) is 34.7 Å². The van der Waals surface area contributed by atoms with Crippen molar-refractivity contribution in [2.24, 2.45) is 5.73 Å². The van der Waals surface area contributed by atoms with Crippen LogP contribution < -0.4 is 15.9 Å². The summed E-state index contributed by atoms with van der Waals surface area (Å²) >= 11 is 0. The summed E-state index contributed by atoms with van der Waals surface area (Å²) in [6.07, 6.45) is 1.25. The normalized spacial score (nSPS) is 8.83. The highest BCUT2D eigenvalue weighted by molar-refractivity contribution is 8.93. The van der Waals surface area contributed by atoms with E-state index in [0.29, 0.717) is 5.76 Å². The van der Waals surface area contributed by atoms with Gasteiger partial charge >= 0.3 is 0 Å². The van der Waals surface area contributed by atoms with Crippen molar-refractivity contribution in [3.8, 4) is 5.75 Å². The molecule has 1 heterocycles. The minimum absolute atomic E-state index is 0. The number of ether oxygens (including phenoxy) is 1. The maximum Gasteiger partial charge on any atom is 0.227 e. The lowest BCUT2D eigenvalue weighted by atomic mass is 10.4. The van der Waals surface area contributed by atoms with Crippen LogP contribution in [0.25, 0.3) is 0 Å². The van der Waals surface area contributed by atoms with Crippen LogP contribution in [-0.4, -0.2) is 7.11 Å². The van der Waals surface area contributed by atoms with Gasteiger partial charge in [-0.25, -0.2) is 0 Å². The monoisotopic (exact) mass is 235 g/mol. The summed E-state index contributed by atoms with van der Waals surface area (Å²) in [6.45, 7) is 0.221. The fourth-order valence-electron chi connectivity index (χ4n) is 0.694. The van der Waals surface area contributed by atoms with Gasteiger partial charge in [0.15, 0.2) is 0 Å². The zero-order chi connectivity index (χ0) is 8.27. The summed E-state index contributed by atoms with van der Waals surface area (Å²) in [5.41, 5.74) is 5.03. The first-order valence-electron chi connectivity index (χ1n) is 3.13. The van der Waals surface area contributed by atoms with E-state index >= 15 is 0 Å². The van der Waals surface area contributed by atoms with Gasteiger partial charge in [-0.15, -0.1) is 17.0 Å². The number of methoxy groups -OCH3 is 1. The van der Waals surface area contributed by atoms with E-state index in [0.717, 1.165) is 0 Å². The summed E-state index contributed by atoms with van der Waals surface area (Å²) in [5.74, 6) is 0.651. The summed E-state index contributed by atoms with van der Waals surface area (Å²) in [4.78, 5) is 11.0. The first kappa shape index (κ1) is 11.2. The van der Waals surface area contributed by atoms with Crippen LogP contribution in [-0.2, 0) is 6.54 Å². The van der Waals surface area contributed by atoms with E-state index in [4.69, 9.17) is 14.9 Å². The molecule has 0 saturated carbocycles. The van der Waals surface area contributed by atoms with E-state index in [1.807, 2.05) is 0 Å². The van der Waals surface area contributed by atoms with Crippen molar-refractivity contribution in [2.75, 3.05) is 7.11 Å². The second-order valence-corrected chi connectivity index (χ2v) is 1.98. The van der Waals surface area contributed by atoms with Gasteiger partial charge in [0.2, 0.25) is 11.2 Å². The van der Waals surface area contributed by atoms with Gasteiger partial charge in [0.05, 0.1) is 13.7 Å². The molecule has 0 unspecified atom stereocenters. The Morgan fingerprint density at radius 1 is 1.67 bits per heavy atom. The van der Waals surface area contributed by atoms with Crippen LogP contribution in [0.5, 0.6) is 5.75 Å². The minimum Gasteiger partial charge on any atom is -0.490 e. The molecule has 0 atom stereocenters. The lowest BCUT2D eigenvalue weighted by Crippen LogP contribution is -2.07. The fraction of sp³-hybridized carbons (Fsp3) is 0.286. The van der Waals surface area contributed by atoms with Crippen molar-refractivity contribution in [3.63, 3.8) is 0 Å². The molecule has 1 aromatic heterocycles. The highest BCUT2D eigenvalue weighted by Crippen LogP contribution is 2.03. The molecule has 68 valence electrons. The highest BCUT2D eigenvalue weighted by Gasteiger charge is 2.00. The zero-order valence-electron chi connectivity index (χ0n) is 6.57. The van der Waals surface area contributed by atoms with Crippen LogP contribution in [0.1, 0.15) is 5.76 Å². The molecule has 0 aliphatic rings. The average Bonchev–Trinajstić information content (AvgIpc) is 2.04. The third-order valence-electron chi connectivity index (χ3n) is 1.27. The van der Waals surface area contributed by atoms with Crippen molar-refractivity contribution in [2.45, 2.75) is 6.54 Å². The predicted molar refractivity (Wildman–Crippen MR) is 49.7 cm³/mol. The molecule has 0 aliphatic carbocycles. The molecule has 0 aromatic carbocycles. The third-order valence-corrected chi connectivity index (χ3v) is 1.27. The number of rotatable bonds is 2. The van der Waals surface area contributed by atoms with Crippen LogP contribution in [0.2, 0.25) is 0 Å². The van der Waals surface area contributed by atoms with Crippen LogP contribution in [0.15, 0.2) is 21.5 Å². The lowest BCUT2D eigenvalue weighted by Gasteiger charge is -1.97. The topological polar surface area (TPSA) is 65.5 Å². The van der Waals surface area contributed by atoms with Gasteiger partial charge < -0.3 is 14.9 Å². The van der Waals surface area contributed by atoms with E-state index in [2.05, 4.69) is 0 Å². The molecule has 12 heavy (non-hydrogen) atoms. The van der Waals surface area contributed by atoms with Crippen molar-refractivity contribution >= 4 is 17.0 Å². The molecule has 0 radical (unpaired) electrons. The van der Waals surface area contributed by atoms with Gasteiger partial charge in [-0.2, -0.15) is 0 Å². The van der Waals surface area contributed by atoms with Gasteiger partial charge in [-0.1, -0.05) is 0 Å². The smallest absolute Gasteiger partial charge is 0.227 e. The van der Waals surface area contributed by atoms with Crippen LogP contribution in [0.3, 0.4) is 0 Å². The Morgan fingerprint density at radius 2 is 2.33 bits per heavy atom. The molecule has 0 saturated heterocycles. The second-order valence-electron chi connectivity index (χ2n) is 1.98. The van der Waals surface area contributed by atoms with Crippen molar-refractivity contribution in [3.05, 3.63) is 28.3 Å². The van der Waals surface area contributed by atoms with E-state index in [9.17, 15) is 4.79 Å². The third kappa shape index (κ3) is 2.35. The number of hydrogen-bond donors (Lipinski definition) is 1. The van der Waals surface area contributed by atoms with Crippen LogP contribution in [0.4, 0.5) is 0 Å². The molecule has 4 nitrogen and oxygen atoms in total. The maximum absolute atomic E-state index is 11.0. The Balaban J connectivity index is 0.00000121. The largest absolute Gasteiger partial charge is 0.490 e. The highest BCUT2D eigenvalue weighted by atomic mass is 79.9. The van der Waals surface area contributed by atoms with Gasteiger partial charge in [0.1, 0.15) is 12.0 Å². The van der Waals surface area contributed by atoms with Gasteiger partial charge in [0, 0.05) is 6.07 Å². The quantitative estimate of drug-likeness (QED) is 0.820. The molecule has 0 aliphatic heterocycles. The molecular formula is C7H10BrNO3. The molecule has 1 aromatic rings. The average molecular weight is 236 g/mol.